The van der Waals surface area contributed by atoms with E-state index in [-0.39, 0.29) is 12.5 Å². The third-order valence-corrected chi connectivity index (χ3v) is 5.12. The fraction of sp³-hybridized carbons (Fsp3) is 0.381. The fourth-order valence-electron chi connectivity index (χ4n) is 3.36. The minimum atomic E-state index is -0.200. The van der Waals surface area contributed by atoms with Crippen LogP contribution in [0.2, 0.25) is 0 Å². The maximum Gasteiger partial charge on any atom is 0.239 e. The summed E-state index contributed by atoms with van der Waals surface area (Å²) in [4.78, 5) is 14.6. The quantitative estimate of drug-likeness (QED) is 0.659. The largest absolute Gasteiger partial charge is 0.467 e. The highest BCUT2D eigenvalue weighted by molar-refractivity contribution is 5.93. The summed E-state index contributed by atoms with van der Waals surface area (Å²) in [5.41, 5.74) is 4.03. The summed E-state index contributed by atoms with van der Waals surface area (Å²) in [6, 6.07) is 5.89. The molecule has 0 aliphatic rings. The van der Waals surface area contributed by atoms with Gasteiger partial charge in [-0.1, -0.05) is 5.16 Å². The Morgan fingerprint density at radius 3 is 2.69 bits per heavy atom. The van der Waals surface area contributed by atoms with E-state index in [9.17, 15) is 10.1 Å². The molecule has 0 aliphatic carbocycles. The van der Waals surface area contributed by atoms with E-state index < -0.39 is 0 Å². The first-order valence-corrected chi connectivity index (χ1v) is 9.34. The molecule has 3 aromatic rings. The molecule has 0 unspecified atom stereocenters. The number of carbonyl (C=O) groups excluding carboxylic acids is 1. The van der Waals surface area contributed by atoms with Gasteiger partial charge in [0.2, 0.25) is 5.91 Å². The van der Waals surface area contributed by atoms with Gasteiger partial charge in [-0.2, -0.15) is 5.26 Å². The molecule has 0 fully saturated rings. The van der Waals surface area contributed by atoms with Crippen LogP contribution in [0.5, 0.6) is 0 Å². The average molecular weight is 395 g/mol. The van der Waals surface area contributed by atoms with E-state index in [4.69, 9.17) is 8.94 Å². The van der Waals surface area contributed by atoms with Crippen molar-refractivity contribution in [2.24, 2.45) is 0 Å². The van der Waals surface area contributed by atoms with E-state index in [1.54, 1.807) is 6.26 Å². The minimum Gasteiger partial charge on any atom is -0.467 e. The predicted molar refractivity (Wildman–Crippen MR) is 107 cm³/mol. The van der Waals surface area contributed by atoms with Crippen LogP contribution in [-0.4, -0.2) is 34.1 Å². The molecule has 3 heterocycles. The molecular weight excluding hydrogens is 370 g/mol. The molecule has 1 amide bonds. The molecule has 0 saturated heterocycles. The van der Waals surface area contributed by atoms with Gasteiger partial charge in [0.1, 0.15) is 23.4 Å². The summed E-state index contributed by atoms with van der Waals surface area (Å²) in [6.07, 6.45) is 1.61. The van der Waals surface area contributed by atoms with Crippen LogP contribution in [0.4, 0.5) is 5.82 Å². The lowest BCUT2D eigenvalue weighted by Gasteiger charge is -2.17. The Bertz CT molecular complexity index is 1030. The van der Waals surface area contributed by atoms with E-state index in [0.717, 1.165) is 34.0 Å². The highest BCUT2D eigenvalue weighted by Crippen LogP contribution is 2.27. The van der Waals surface area contributed by atoms with Crippen molar-refractivity contribution in [2.45, 2.75) is 40.8 Å². The second kappa shape index (κ2) is 8.37. The van der Waals surface area contributed by atoms with E-state index in [1.807, 2.05) is 56.3 Å². The van der Waals surface area contributed by atoms with Gasteiger partial charge in [0.15, 0.2) is 0 Å². The molecule has 0 aromatic carbocycles. The zero-order valence-corrected chi connectivity index (χ0v) is 17.4. The molecule has 0 spiro atoms. The molecule has 0 bridgehead atoms. The standard InChI is InChI=1S/C21H25N5O3/c1-13-15(3)26(10-17-7-6-8-28-17)21(18(13)9-22)23-20(27)12-25(5)11-19-14(2)24-29-16(19)4/h6-8H,10-12H2,1-5H3,(H,23,27). The Kier molecular flexibility index (Phi) is 5.89. The predicted octanol–water partition coefficient (Wildman–Crippen LogP) is 3.29. The van der Waals surface area contributed by atoms with Gasteiger partial charge in [0, 0.05) is 17.8 Å². The molecule has 8 heteroatoms. The van der Waals surface area contributed by atoms with Crippen molar-refractivity contribution in [3.8, 4) is 6.07 Å². The summed E-state index contributed by atoms with van der Waals surface area (Å²) < 4.78 is 12.5. The molecule has 0 radical (unpaired) electrons. The number of nitriles is 1. The van der Waals surface area contributed by atoms with E-state index >= 15 is 0 Å². The summed E-state index contributed by atoms with van der Waals surface area (Å²) in [5.74, 6) is 1.79. The van der Waals surface area contributed by atoms with Crippen LogP contribution in [0.1, 0.15) is 39.6 Å². The number of hydrogen-bond acceptors (Lipinski definition) is 6. The summed E-state index contributed by atoms with van der Waals surface area (Å²) in [5, 5.41) is 16.5. The van der Waals surface area contributed by atoms with Crippen LogP contribution >= 0.6 is 0 Å². The number of aromatic nitrogens is 2. The van der Waals surface area contributed by atoms with Gasteiger partial charge in [-0.3, -0.25) is 9.69 Å². The monoisotopic (exact) mass is 395 g/mol. The van der Waals surface area contributed by atoms with Crippen molar-refractivity contribution in [3.05, 3.63) is 58.0 Å². The number of rotatable bonds is 7. The molecule has 3 rings (SSSR count). The Balaban J connectivity index is 1.77. The number of hydrogen-bond donors (Lipinski definition) is 1. The van der Waals surface area contributed by atoms with Crippen LogP contribution in [0.3, 0.4) is 0 Å². The third-order valence-electron chi connectivity index (χ3n) is 5.12. The highest BCUT2D eigenvalue weighted by atomic mass is 16.5. The lowest BCUT2D eigenvalue weighted by molar-refractivity contribution is -0.117. The SMILES string of the molecule is Cc1noc(C)c1CN(C)CC(=O)Nc1c(C#N)c(C)c(C)n1Cc1ccco1. The van der Waals surface area contributed by atoms with Gasteiger partial charge < -0.3 is 18.8 Å². The molecule has 0 atom stereocenters. The van der Waals surface area contributed by atoms with Gasteiger partial charge in [0.05, 0.1) is 30.6 Å². The van der Waals surface area contributed by atoms with Crippen LogP contribution in [-0.2, 0) is 17.9 Å². The van der Waals surface area contributed by atoms with E-state index in [2.05, 4.69) is 16.5 Å². The highest BCUT2D eigenvalue weighted by Gasteiger charge is 2.21. The van der Waals surface area contributed by atoms with Crippen LogP contribution < -0.4 is 5.32 Å². The van der Waals surface area contributed by atoms with Crippen molar-refractivity contribution < 1.29 is 13.7 Å². The Morgan fingerprint density at radius 1 is 1.34 bits per heavy atom. The van der Waals surface area contributed by atoms with Gasteiger partial charge in [-0.25, -0.2) is 0 Å². The maximum absolute atomic E-state index is 12.7. The molecule has 0 aliphatic heterocycles. The van der Waals surface area contributed by atoms with Crippen molar-refractivity contribution in [1.82, 2.24) is 14.6 Å². The summed E-state index contributed by atoms with van der Waals surface area (Å²) in [6.45, 7) is 8.70. The van der Waals surface area contributed by atoms with Crippen molar-refractivity contribution in [1.29, 1.82) is 5.26 Å². The molecule has 8 nitrogen and oxygen atoms in total. The summed E-state index contributed by atoms with van der Waals surface area (Å²) in [7, 11) is 1.86. The second-order valence-electron chi connectivity index (χ2n) is 7.23. The fourth-order valence-corrected chi connectivity index (χ4v) is 3.36. The van der Waals surface area contributed by atoms with Gasteiger partial charge in [-0.05, 0) is 52.4 Å². The topological polar surface area (TPSA) is 100 Å². The number of amides is 1. The maximum atomic E-state index is 12.7. The molecule has 152 valence electrons. The second-order valence-corrected chi connectivity index (χ2v) is 7.23. The van der Waals surface area contributed by atoms with Crippen molar-refractivity contribution >= 4 is 11.7 Å². The normalized spacial score (nSPS) is 11.1. The Labute approximate surface area is 169 Å². The van der Waals surface area contributed by atoms with Gasteiger partial charge in [0.25, 0.3) is 0 Å². The summed E-state index contributed by atoms with van der Waals surface area (Å²) >= 11 is 0. The number of nitrogens with one attached hydrogen (secondary N) is 1. The molecule has 29 heavy (non-hydrogen) atoms. The lowest BCUT2D eigenvalue weighted by atomic mass is 10.2. The van der Waals surface area contributed by atoms with Crippen molar-refractivity contribution in [3.63, 3.8) is 0 Å². The molecule has 3 aromatic heterocycles. The smallest absolute Gasteiger partial charge is 0.239 e. The average Bonchev–Trinajstić information content (AvgIpc) is 3.35. The van der Waals surface area contributed by atoms with Gasteiger partial charge in [-0.15, -0.1) is 0 Å². The van der Waals surface area contributed by atoms with Gasteiger partial charge >= 0.3 is 0 Å². The number of furan rings is 1. The van der Waals surface area contributed by atoms with E-state index in [1.165, 1.54) is 0 Å². The number of carbonyl (C=O) groups is 1. The first-order chi connectivity index (χ1) is 13.8. The number of nitrogens with zero attached hydrogens (tertiary/aromatic N) is 4. The molecule has 0 saturated carbocycles. The Hall–Kier alpha value is -3.31. The van der Waals surface area contributed by atoms with Crippen LogP contribution in [0, 0.1) is 39.0 Å². The number of likely N-dealkylation sites (N-methyl/N-ethyl adjacent to an activating group) is 1. The number of anilines is 1. The van der Waals surface area contributed by atoms with Crippen LogP contribution in [0.25, 0.3) is 0 Å². The molecular formula is C21H25N5O3. The van der Waals surface area contributed by atoms with Crippen molar-refractivity contribution in [2.75, 3.05) is 18.9 Å². The van der Waals surface area contributed by atoms with Crippen LogP contribution in [0.15, 0.2) is 27.3 Å². The third kappa shape index (κ3) is 4.25. The first-order valence-electron chi connectivity index (χ1n) is 9.34. The zero-order valence-electron chi connectivity index (χ0n) is 17.4. The van der Waals surface area contributed by atoms with E-state index in [0.29, 0.717) is 24.5 Å². The first kappa shape index (κ1) is 20.4. The lowest BCUT2D eigenvalue weighted by Crippen LogP contribution is -2.31. The molecule has 1 N–H and O–H groups in total. The zero-order chi connectivity index (χ0) is 21.1. The Morgan fingerprint density at radius 2 is 2.10 bits per heavy atom. The minimum absolute atomic E-state index is 0.166. The number of aryl methyl sites for hydroxylation is 2.